The zero-order valence-electron chi connectivity index (χ0n) is 19.8. The number of rotatable bonds is 9. The lowest BCUT2D eigenvalue weighted by atomic mass is 10.2. The van der Waals surface area contributed by atoms with Gasteiger partial charge in [-0.05, 0) is 30.7 Å². The smallest absolute Gasteiger partial charge is 0.271 e. The SMILES string of the molecule is CCCc1nc(C(=O)NCC(O)CN2CCN(c3cccc(Cl)c3Cl)CC2)cn1-c1ccccc1. The van der Waals surface area contributed by atoms with Gasteiger partial charge in [0.05, 0.1) is 21.8 Å². The number of hydrogen-bond acceptors (Lipinski definition) is 5. The number of para-hydroxylation sites is 1. The van der Waals surface area contributed by atoms with Gasteiger partial charge in [-0.1, -0.05) is 54.4 Å². The molecule has 2 heterocycles. The fourth-order valence-corrected chi connectivity index (χ4v) is 4.73. The minimum atomic E-state index is -0.674. The molecular formula is C26H31Cl2N5O2. The molecule has 4 rings (SSSR count). The molecule has 2 N–H and O–H groups in total. The highest BCUT2D eigenvalue weighted by Crippen LogP contribution is 2.32. The molecule has 1 fully saturated rings. The Bertz CT molecular complexity index is 1130. The van der Waals surface area contributed by atoms with E-state index in [0.717, 1.165) is 56.2 Å². The maximum Gasteiger partial charge on any atom is 0.271 e. The number of aromatic nitrogens is 2. The van der Waals surface area contributed by atoms with E-state index in [2.05, 4.69) is 27.0 Å². The zero-order chi connectivity index (χ0) is 24.8. The number of imidazole rings is 1. The van der Waals surface area contributed by atoms with Crippen LogP contribution in [0.3, 0.4) is 0 Å². The Morgan fingerprint density at radius 3 is 2.54 bits per heavy atom. The first-order chi connectivity index (χ1) is 17.0. The first-order valence-electron chi connectivity index (χ1n) is 12.0. The number of halogens is 2. The highest BCUT2D eigenvalue weighted by molar-refractivity contribution is 6.43. The van der Waals surface area contributed by atoms with Crippen LogP contribution in [0, 0.1) is 0 Å². The molecule has 1 atom stereocenters. The summed E-state index contributed by atoms with van der Waals surface area (Å²) in [5.41, 5.74) is 2.27. The molecule has 0 saturated carbocycles. The van der Waals surface area contributed by atoms with Gasteiger partial charge in [-0.3, -0.25) is 9.69 Å². The standard InChI is InChI=1S/C26H31Cl2N5O2/c1-2-7-24-30-22(18-33(24)19-8-4-3-5-9-19)26(35)29-16-20(34)17-31-12-14-32(15-13-31)23-11-6-10-21(27)25(23)28/h3-6,8-11,18,20,34H,2,7,12-17H2,1H3,(H,29,35). The fourth-order valence-electron chi connectivity index (χ4n) is 4.31. The van der Waals surface area contributed by atoms with E-state index in [0.29, 0.717) is 22.3 Å². The largest absolute Gasteiger partial charge is 0.390 e. The lowest BCUT2D eigenvalue weighted by molar-refractivity contribution is 0.0848. The predicted molar refractivity (Wildman–Crippen MR) is 141 cm³/mol. The van der Waals surface area contributed by atoms with Crippen LogP contribution in [-0.4, -0.2) is 70.8 Å². The molecule has 2 aromatic carbocycles. The van der Waals surface area contributed by atoms with Crippen LogP contribution in [0.25, 0.3) is 5.69 Å². The molecule has 0 radical (unpaired) electrons. The van der Waals surface area contributed by atoms with Gasteiger partial charge < -0.3 is 19.9 Å². The first-order valence-corrected chi connectivity index (χ1v) is 12.7. The molecular weight excluding hydrogens is 485 g/mol. The fraction of sp³-hybridized carbons (Fsp3) is 0.385. The number of carbonyl (C=O) groups excluding carboxylic acids is 1. The Labute approximate surface area is 216 Å². The minimum absolute atomic E-state index is 0.167. The Hall–Kier alpha value is -2.58. The predicted octanol–water partition coefficient (Wildman–Crippen LogP) is 4.04. The van der Waals surface area contributed by atoms with E-state index in [1.54, 1.807) is 12.3 Å². The highest BCUT2D eigenvalue weighted by atomic mass is 35.5. The average molecular weight is 516 g/mol. The molecule has 186 valence electrons. The van der Waals surface area contributed by atoms with Crippen LogP contribution >= 0.6 is 23.2 Å². The van der Waals surface area contributed by atoms with E-state index >= 15 is 0 Å². The second-order valence-corrected chi connectivity index (χ2v) is 9.51. The first kappa shape index (κ1) is 25.5. The number of carbonyl (C=O) groups is 1. The number of piperazine rings is 1. The number of β-amino-alcohol motifs (C(OH)–C–C–N with tert-alkyl or cyclic N) is 1. The van der Waals surface area contributed by atoms with E-state index in [1.165, 1.54) is 0 Å². The summed E-state index contributed by atoms with van der Waals surface area (Å²) in [6.07, 6.45) is 2.80. The summed E-state index contributed by atoms with van der Waals surface area (Å²) >= 11 is 12.5. The van der Waals surface area contributed by atoms with Crippen molar-refractivity contribution in [1.82, 2.24) is 19.8 Å². The molecule has 1 aliphatic heterocycles. The topological polar surface area (TPSA) is 73.6 Å². The summed E-state index contributed by atoms with van der Waals surface area (Å²) in [7, 11) is 0. The Morgan fingerprint density at radius 1 is 1.09 bits per heavy atom. The lowest BCUT2D eigenvalue weighted by Gasteiger charge is -2.37. The van der Waals surface area contributed by atoms with Gasteiger partial charge in [-0.2, -0.15) is 0 Å². The van der Waals surface area contributed by atoms with Crippen molar-refractivity contribution in [1.29, 1.82) is 0 Å². The minimum Gasteiger partial charge on any atom is -0.390 e. The summed E-state index contributed by atoms with van der Waals surface area (Å²) in [6.45, 7) is 5.89. The normalized spacial score (nSPS) is 15.3. The van der Waals surface area contributed by atoms with Gasteiger partial charge in [0.25, 0.3) is 5.91 Å². The lowest BCUT2D eigenvalue weighted by Crippen LogP contribution is -2.50. The number of aliphatic hydroxyl groups excluding tert-OH is 1. The number of benzene rings is 2. The zero-order valence-corrected chi connectivity index (χ0v) is 21.3. The van der Waals surface area contributed by atoms with Crippen molar-refractivity contribution in [2.75, 3.05) is 44.2 Å². The molecule has 0 spiro atoms. The Balaban J connectivity index is 1.28. The highest BCUT2D eigenvalue weighted by Gasteiger charge is 2.22. The quantitative estimate of drug-likeness (QED) is 0.449. The number of aryl methyl sites for hydroxylation is 1. The number of hydrogen-bond donors (Lipinski definition) is 2. The molecule has 1 aliphatic rings. The van der Waals surface area contributed by atoms with Gasteiger partial charge in [-0.15, -0.1) is 0 Å². The maximum atomic E-state index is 12.8. The summed E-state index contributed by atoms with van der Waals surface area (Å²) < 4.78 is 1.96. The van der Waals surface area contributed by atoms with Crippen LogP contribution in [0.4, 0.5) is 5.69 Å². The Morgan fingerprint density at radius 2 is 1.83 bits per heavy atom. The van der Waals surface area contributed by atoms with Crippen LogP contribution in [0.5, 0.6) is 0 Å². The van der Waals surface area contributed by atoms with Crippen molar-refractivity contribution in [3.05, 3.63) is 76.3 Å². The molecule has 7 nitrogen and oxygen atoms in total. The second kappa shape index (κ2) is 11.9. The molecule has 1 saturated heterocycles. The number of anilines is 1. The summed E-state index contributed by atoms with van der Waals surface area (Å²) in [4.78, 5) is 21.7. The van der Waals surface area contributed by atoms with Gasteiger partial charge in [0.15, 0.2) is 0 Å². The van der Waals surface area contributed by atoms with E-state index < -0.39 is 6.10 Å². The monoisotopic (exact) mass is 515 g/mol. The van der Waals surface area contributed by atoms with Gasteiger partial charge in [-0.25, -0.2) is 4.98 Å². The number of nitrogens with one attached hydrogen (secondary N) is 1. The van der Waals surface area contributed by atoms with E-state index in [1.807, 2.05) is 47.0 Å². The third kappa shape index (κ3) is 6.35. The van der Waals surface area contributed by atoms with Crippen molar-refractivity contribution >= 4 is 34.8 Å². The van der Waals surface area contributed by atoms with Gasteiger partial charge in [0.1, 0.15) is 11.5 Å². The van der Waals surface area contributed by atoms with Crippen LogP contribution in [0.1, 0.15) is 29.7 Å². The third-order valence-corrected chi connectivity index (χ3v) is 6.94. The van der Waals surface area contributed by atoms with Crippen molar-refractivity contribution in [2.45, 2.75) is 25.9 Å². The van der Waals surface area contributed by atoms with Crippen molar-refractivity contribution in [3.8, 4) is 5.69 Å². The van der Waals surface area contributed by atoms with Gasteiger partial charge in [0, 0.05) is 57.6 Å². The molecule has 9 heteroatoms. The van der Waals surface area contributed by atoms with Crippen molar-refractivity contribution in [2.24, 2.45) is 0 Å². The molecule has 1 unspecified atom stereocenters. The van der Waals surface area contributed by atoms with Crippen LogP contribution in [0.2, 0.25) is 10.0 Å². The summed E-state index contributed by atoms with van der Waals surface area (Å²) in [6, 6.07) is 15.5. The van der Waals surface area contributed by atoms with Crippen LogP contribution in [0.15, 0.2) is 54.7 Å². The van der Waals surface area contributed by atoms with E-state index in [9.17, 15) is 9.90 Å². The molecule has 1 aromatic heterocycles. The number of aliphatic hydroxyl groups is 1. The van der Waals surface area contributed by atoms with E-state index in [4.69, 9.17) is 23.2 Å². The second-order valence-electron chi connectivity index (χ2n) is 8.72. The number of amides is 1. The average Bonchev–Trinajstić information content (AvgIpc) is 3.30. The Kier molecular flexibility index (Phi) is 8.68. The van der Waals surface area contributed by atoms with E-state index in [-0.39, 0.29) is 12.5 Å². The maximum absolute atomic E-state index is 12.8. The molecule has 3 aromatic rings. The summed E-state index contributed by atoms with van der Waals surface area (Å²) in [5, 5.41) is 14.5. The molecule has 35 heavy (non-hydrogen) atoms. The molecule has 1 amide bonds. The molecule has 0 bridgehead atoms. The summed E-state index contributed by atoms with van der Waals surface area (Å²) in [5.74, 6) is 0.568. The van der Waals surface area contributed by atoms with Crippen LogP contribution in [-0.2, 0) is 6.42 Å². The van der Waals surface area contributed by atoms with Gasteiger partial charge >= 0.3 is 0 Å². The molecule has 0 aliphatic carbocycles. The van der Waals surface area contributed by atoms with Crippen molar-refractivity contribution < 1.29 is 9.90 Å². The van der Waals surface area contributed by atoms with Crippen LogP contribution < -0.4 is 10.2 Å². The van der Waals surface area contributed by atoms with Crippen molar-refractivity contribution in [3.63, 3.8) is 0 Å². The van der Waals surface area contributed by atoms with Gasteiger partial charge in [0.2, 0.25) is 0 Å². The third-order valence-electron chi connectivity index (χ3n) is 6.13. The number of nitrogens with zero attached hydrogens (tertiary/aromatic N) is 4.